The van der Waals surface area contributed by atoms with Gasteiger partial charge < -0.3 is 14.6 Å². The number of aliphatic carboxylic acids is 1. The topological polar surface area (TPSA) is 89.9 Å². The summed E-state index contributed by atoms with van der Waals surface area (Å²) in [6, 6.07) is 1.08. The van der Waals surface area contributed by atoms with Crippen molar-refractivity contribution in [3.63, 3.8) is 0 Å². The minimum Gasteiger partial charge on any atom is -0.475 e. The molecular formula is C10H5ClO6. The molecule has 0 bridgehead atoms. The molecule has 17 heavy (non-hydrogen) atoms. The summed E-state index contributed by atoms with van der Waals surface area (Å²) in [5, 5.41) is 8.56. The average molecular weight is 257 g/mol. The zero-order chi connectivity index (χ0) is 12.6. The Morgan fingerprint density at radius 1 is 1.35 bits per heavy atom. The molecule has 2 rings (SSSR count). The van der Waals surface area contributed by atoms with Gasteiger partial charge in [0.25, 0.3) is 5.78 Å². The molecule has 0 amide bonds. The molecule has 88 valence electrons. The number of carbonyl (C=O) groups excluding carboxylic acids is 2. The summed E-state index contributed by atoms with van der Waals surface area (Å²) in [4.78, 5) is 32.8. The molecule has 6 nitrogen and oxygen atoms in total. The van der Waals surface area contributed by atoms with Gasteiger partial charge in [-0.15, -0.1) is 0 Å². The van der Waals surface area contributed by atoms with Crippen LogP contribution in [0.4, 0.5) is 0 Å². The second kappa shape index (κ2) is 4.06. The van der Waals surface area contributed by atoms with Crippen LogP contribution in [0.25, 0.3) is 0 Å². The maximum atomic E-state index is 11.4. The Balaban J connectivity index is 2.68. The van der Waals surface area contributed by atoms with E-state index in [9.17, 15) is 14.4 Å². The van der Waals surface area contributed by atoms with E-state index < -0.39 is 11.8 Å². The van der Waals surface area contributed by atoms with Gasteiger partial charge >= 0.3 is 5.97 Å². The van der Waals surface area contributed by atoms with Crippen LogP contribution < -0.4 is 9.47 Å². The SMILES string of the molecule is O=Cc1c(Cl)cc(C(=O)C(=O)O)c2c1OCO2. The lowest BCUT2D eigenvalue weighted by Gasteiger charge is -2.06. The number of ketones is 1. The highest BCUT2D eigenvalue weighted by Crippen LogP contribution is 2.42. The van der Waals surface area contributed by atoms with Gasteiger partial charge in [-0.1, -0.05) is 11.6 Å². The highest BCUT2D eigenvalue weighted by Gasteiger charge is 2.30. The Bertz CT molecular complexity index is 536. The van der Waals surface area contributed by atoms with Crippen LogP contribution in [0.15, 0.2) is 6.07 Å². The molecule has 0 saturated carbocycles. The second-order valence-corrected chi connectivity index (χ2v) is 3.54. The van der Waals surface area contributed by atoms with E-state index in [4.69, 9.17) is 26.2 Å². The Morgan fingerprint density at radius 3 is 2.59 bits per heavy atom. The van der Waals surface area contributed by atoms with E-state index in [2.05, 4.69) is 0 Å². The van der Waals surface area contributed by atoms with Gasteiger partial charge in [-0.05, 0) is 6.07 Å². The molecule has 0 fully saturated rings. The first-order chi connectivity index (χ1) is 8.06. The molecule has 0 aliphatic carbocycles. The molecular weight excluding hydrogens is 252 g/mol. The van der Waals surface area contributed by atoms with Crippen LogP contribution >= 0.6 is 11.6 Å². The van der Waals surface area contributed by atoms with Crippen LogP contribution in [0.5, 0.6) is 11.5 Å². The fraction of sp³-hybridized carbons (Fsp3) is 0.100. The standard InChI is InChI=1S/C10H5ClO6/c11-6-1-4(7(13)10(14)15)8-9(5(6)2-12)17-3-16-8/h1-2H,3H2,(H,14,15). The van der Waals surface area contributed by atoms with Crippen molar-refractivity contribution in [3.05, 3.63) is 22.2 Å². The Morgan fingerprint density at radius 2 is 2.00 bits per heavy atom. The third kappa shape index (κ3) is 1.72. The van der Waals surface area contributed by atoms with Gasteiger partial charge in [0.1, 0.15) is 0 Å². The Labute approximate surface area is 99.7 Å². The van der Waals surface area contributed by atoms with Crippen molar-refractivity contribution in [3.8, 4) is 11.5 Å². The van der Waals surface area contributed by atoms with E-state index in [0.717, 1.165) is 6.07 Å². The number of halogens is 1. The van der Waals surface area contributed by atoms with Crippen molar-refractivity contribution in [1.29, 1.82) is 0 Å². The quantitative estimate of drug-likeness (QED) is 0.496. The van der Waals surface area contributed by atoms with Gasteiger partial charge in [0.15, 0.2) is 17.8 Å². The van der Waals surface area contributed by atoms with Gasteiger partial charge in [-0.3, -0.25) is 9.59 Å². The van der Waals surface area contributed by atoms with E-state index in [1.165, 1.54) is 0 Å². The van der Waals surface area contributed by atoms with Crippen molar-refractivity contribution < 1.29 is 29.0 Å². The van der Waals surface area contributed by atoms with Gasteiger partial charge in [0, 0.05) is 0 Å². The van der Waals surface area contributed by atoms with Crippen LogP contribution in [-0.4, -0.2) is 29.9 Å². The lowest BCUT2D eigenvalue weighted by atomic mass is 10.1. The number of hydrogen-bond acceptors (Lipinski definition) is 5. The minimum atomic E-state index is -1.64. The van der Waals surface area contributed by atoms with Crippen molar-refractivity contribution in [1.82, 2.24) is 0 Å². The first-order valence-electron chi connectivity index (χ1n) is 4.41. The first-order valence-corrected chi connectivity index (χ1v) is 4.79. The lowest BCUT2D eigenvalue weighted by Crippen LogP contribution is -2.13. The molecule has 1 aliphatic heterocycles. The smallest absolute Gasteiger partial charge is 0.377 e. The monoisotopic (exact) mass is 256 g/mol. The summed E-state index contributed by atoms with van der Waals surface area (Å²) in [5.74, 6) is -2.88. The van der Waals surface area contributed by atoms with Crippen molar-refractivity contribution in [2.75, 3.05) is 6.79 Å². The molecule has 0 saturated heterocycles. The molecule has 0 spiro atoms. The molecule has 1 aromatic rings. The number of fused-ring (bicyclic) bond motifs is 1. The zero-order valence-corrected chi connectivity index (χ0v) is 8.98. The molecule has 0 radical (unpaired) electrons. The summed E-state index contributed by atoms with van der Waals surface area (Å²) < 4.78 is 9.96. The van der Waals surface area contributed by atoms with Gasteiger partial charge in [0.2, 0.25) is 6.79 Å². The summed E-state index contributed by atoms with van der Waals surface area (Å²) in [6.07, 6.45) is 0.449. The number of carboxylic acids is 1. The third-order valence-corrected chi connectivity index (χ3v) is 2.50. The molecule has 0 atom stereocenters. The van der Waals surface area contributed by atoms with Crippen molar-refractivity contribution >= 4 is 29.6 Å². The number of Topliss-reactive ketones (excluding diaryl/α,β-unsaturated/α-hetero) is 1. The highest BCUT2D eigenvalue weighted by atomic mass is 35.5. The van der Waals surface area contributed by atoms with E-state index in [0.29, 0.717) is 6.29 Å². The summed E-state index contributed by atoms with van der Waals surface area (Å²) >= 11 is 5.75. The minimum absolute atomic E-state index is 0.00269. The molecule has 1 heterocycles. The average Bonchev–Trinajstić information content (AvgIpc) is 2.75. The number of hydrogen-bond donors (Lipinski definition) is 1. The predicted octanol–water partition coefficient (Wildman–Crippen LogP) is 1.15. The van der Waals surface area contributed by atoms with Crippen LogP contribution in [0, 0.1) is 0 Å². The molecule has 0 aromatic heterocycles. The molecule has 0 unspecified atom stereocenters. The predicted molar refractivity (Wildman–Crippen MR) is 54.9 cm³/mol. The maximum absolute atomic E-state index is 11.4. The maximum Gasteiger partial charge on any atom is 0.377 e. The lowest BCUT2D eigenvalue weighted by molar-refractivity contribution is -0.131. The van der Waals surface area contributed by atoms with E-state index in [1.54, 1.807) is 0 Å². The zero-order valence-electron chi connectivity index (χ0n) is 8.23. The van der Waals surface area contributed by atoms with Crippen LogP contribution in [-0.2, 0) is 4.79 Å². The third-order valence-electron chi connectivity index (χ3n) is 2.19. The number of benzene rings is 1. The molecule has 1 N–H and O–H groups in total. The normalized spacial score (nSPS) is 12.3. The van der Waals surface area contributed by atoms with Gasteiger partial charge in [0.05, 0.1) is 16.1 Å². The van der Waals surface area contributed by atoms with E-state index in [1.807, 2.05) is 0 Å². The number of rotatable bonds is 3. The number of aldehydes is 1. The Hall–Kier alpha value is -2.08. The summed E-state index contributed by atoms with van der Waals surface area (Å²) in [5.41, 5.74) is -0.207. The van der Waals surface area contributed by atoms with Gasteiger partial charge in [-0.25, -0.2) is 4.79 Å². The fourth-order valence-electron chi connectivity index (χ4n) is 1.45. The van der Waals surface area contributed by atoms with E-state index >= 15 is 0 Å². The summed E-state index contributed by atoms with van der Waals surface area (Å²) in [7, 11) is 0. The molecule has 1 aromatic carbocycles. The van der Waals surface area contributed by atoms with Crippen LogP contribution in [0.3, 0.4) is 0 Å². The highest BCUT2D eigenvalue weighted by molar-refractivity contribution is 6.42. The Kier molecular flexibility index (Phi) is 2.72. The number of carbonyl (C=O) groups is 3. The van der Waals surface area contributed by atoms with Crippen LogP contribution in [0.1, 0.15) is 20.7 Å². The number of ether oxygens (including phenoxy) is 2. The van der Waals surface area contributed by atoms with Crippen molar-refractivity contribution in [2.24, 2.45) is 0 Å². The molecule has 1 aliphatic rings. The fourth-order valence-corrected chi connectivity index (χ4v) is 1.69. The number of carboxylic acid groups (broad SMARTS) is 1. The van der Waals surface area contributed by atoms with E-state index in [-0.39, 0.29) is 34.4 Å². The van der Waals surface area contributed by atoms with Crippen LogP contribution in [0.2, 0.25) is 5.02 Å². The van der Waals surface area contributed by atoms with Gasteiger partial charge in [-0.2, -0.15) is 0 Å². The second-order valence-electron chi connectivity index (χ2n) is 3.14. The summed E-state index contributed by atoms with van der Waals surface area (Å²) in [6.45, 7) is -0.198. The van der Waals surface area contributed by atoms with Crippen molar-refractivity contribution in [2.45, 2.75) is 0 Å². The first kappa shape index (κ1) is 11.4. The largest absolute Gasteiger partial charge is 0.475 e. The molecule has 7 heteroatoms.